The summed E-state index contributed by atoms with van der Waals surface area (Å²) in [6.45, 7) is 4.68. The number of anilines is 1. The van der Waals surface area contributed by atoms with Gasteiger partial charge >= 0.3 is 0 Å². The maximum absolute atomic E-state index is 5.63. The van der Waals surface area contributed by atoms with E-state index in [2.05, 4.69) is 39.4 Å². The van der Waals surface area contributed by atoms with Crippen molar-refractivity contribution in [3.05, 3.63) is 71.0 Å². The van der Waals surface area contributed by atoms with Crippen molar-refractivity contribution >= 4 is 11.7 Å². The van der Waals surface area contributed by atoms with Crippen LogP contribution in [0.15, 0.2) is 53.7 Å². The smallest absolute Gasteiger partial charge is 0.239 e. The molecule has 0 amide bonds. The summed E-state index contributed by atoms with van der Waals surface area (Å²) in [6.07, 6.45) is 0. The zero-order valence-corrected chi connectivity index (χ0v) is 14.8. The second kappa shape index (κ2) is 8.15. The maximum Gasteiger partial charge on any atom is 0.239 e. The zero-order valence-electron chi connectivity index (χ0n) is 14.8. The highest BCUT2D eigenvalue weighted by molar-refractivity contribution is 5.98. The van der Waals surface area contributed by atoms with Crippen LogP contribution in [-0.2, 0) is 18.1 Å². The molecule has 1 heterocycles. The lowest BCUT2D eigenvalue weighted by Gasteiger charge is -2.06. The lowest BCUT2D eigenvalue weighted by molar-refractivity contribution is 0.130. The van der Waals surface area contributed by atoms with Gasteiger partial charge in [0, 0.05) is 0 Å². The number of hydrogen-bond acceptors (Lipinski definition) is 6. The number of nitrogens with two attached hydrogens (primary N) is 1. The predicted molar refractivity (Wildman–Crippen MR) is 99.7 cm³/mol. The Kier molecular flexibility index (Phi) is 5.48. The third-order valence-electron chi connectivity index (χ3n) is 3.75. The van der Waals surface area contributed by atoms with Crippen molar-refractivity contribution in [3.63, 3.8) is 0 Å². The Hall–Kier alpha value is -3.35. The number of benzene rings is 2. The first-order valence-electron chi connectivity index (χ1n) is 8.22. The zero-order chi connectivity index (χ0) is 18.4. The minimum Gasteiger partial charge on any atom is -0.486 e. The fourth-order valence-electron chi connectivity index (χ4n) is 2.26. The van der Waals surface area contributed by atoms with Gasteiger partial charge in [-0.3, -0.25) is 5.10 Å². The molecule has 0 unspecified atom stereocenters. The average Bonchev–Trinajstić information content (AvgIpc) is 3.07. The van der Waals surface area contributed by atoms with Crippen LogP contribution < -0.4 is 10.5 Å². The van der Waals surface area contributed by atoms with Crippen molar-refractivity contribution < 1.29 is 9.57 Å². The lowest BCUT2D eigenvalue weighted by Crippen LogP contribution is -2.00. The van der Waals surface area contributed by atoms with E-state index in [1.165, 1.54) is 5.56 Å². The van der Waals surface area contributed by atoms with Gasteiger partial charge in [-0.05, 0) is 49.2 Å². The molecule has 0 saturated heterocycles. The molecule has 0 aliphatic rings. The van der Waals surface area contributed by atoms with Gasteiger partial charge in [0.25, 0.3) is 0 Å². The molecule has 7 heteroatoms. The molecule has 0 spiro atoms. The summed E-state index contributed by atoms with van der Waals surface area (Å²) >= 11 is 0. The van der Waals surface area contributed by atoms with Gasteiger partial charge in [-0.25, -0.2) is 0 Å². The summed E-state index contributed by atoms with van der Waals surface area (Å²) in [6, 6.07) is 15.8. The van der Waals surface area contributed by atoms with E-state index in [1.54, 1.807) is 0 Å². The van der Waals surface area contributed by atoms with Crippen molar-refractivity contribution in [2.75, 3.05) is 5.73 Å². The van der Waals surface area contributed by atoms with Crippen LogP contribution in [0.4, 0.5) is 5.95 Å². The largest absolute Gasteiger partial charge is 0.486 e. The van der Waals surface area contributed by atoms with Gasteiger partial charge in [0.1, 0.15) is 19.0 Å². The number of nitrogens with one attached hydrogen (secondary N) is 1. The number of aromatic nitrogens is 3. The molecule has 0 fully saturated rings. The van der Waals surface area contributed by atoms with Crippen LogP contribution in [0.3, 0.4) is 0 Å². The molecule has 1 aromatic heterocycles. The van der Waals surface area contributed by atoms with Gasteiger partial charge < -0.3 is 15.3 Å². The summed E-state index contributed by atoms with van der Waals surface area (Å²) in [4.78, 5) is 9.42. The Morgan fingerprint density at radius 3 is 2.46 bits per heavy atom. The number of aryl methyl sites for hydroxylation is 1. The lowest BCUT2D eigenvalue weighted by atomic mass is 10.1. The molecule has 3 N–H and O–H groups in total. The number of H-pyrrole nitrogens is 1. The normalized spacial score (nSPS) is 11.4. The van der Waals surface area contributed by atoms with E-state index in [0.717, 1.165) is 22.6 Å². The summed E-state index contributed by atoms with van der Waals surface area (Å²) in [7, 11) is 0. The third-order valence-corrected chi connectivity index (χ3v) is 3.75. The van der Waals surface area contributed by atoms with E-state index < -0.39 is 0 Å². The van der Waals surface area contributed by atoms with Gasteiger partial charge in [0.05, 0.1) is 5.71 Å². The standard InChI is InChI=1S/C19H21N5O2/c1-13-3-5-15(6-4-13)11-26-24-14(2)16-7-9-17(10-8-16)25-12-18-21-19(20)23-22-18/h3-10H,11-12H2,1-2H3,(H3,20,21,22,23)/b24-14+. The predicted octanol–water partition coefficient (Wildman–Crippen LogP) is 3.22. The molecule has 3 rings (SSSR count). The van der Waals surface area contributed by atoms with Crippen molar-refractivity contribution in [2.45, 2.75) is 27.1 Å². The van der Waals surface area contributed by atoms with Gasteiger partial charge in [0.2, 0.25) is 5.95 Å². The van der Waals surface area contributed by atoms with Crippen LogP contribution in [0.1, 0.15) is 29.4 Å². The van der Waals surface area contributed by atoms with E-state index in [4.69, 9.17) is 15.3 Å². The summed E-state index contributed by atoms with van der Waals surface area (Å²) < 4.78 is 5.63. The minimum atomic E-state index is 0.205. The second-order valence-corrected chi connectivity index (χ2v) is 5.89. The molecule has 0 atom stereocenters. The molecule has 0 radical (unpaired) electrons. The molecule has 7 nitrogen and oxygen atoms in total. The fraction of sp³-hybridized carbons (Fsp3) is 0.211. The minimum absolute atomic E-state index is 0.205. The number of ether oxygens (including phenoxy) is 1. The Morgan fingerprint density at radius 2 is 1.81 bits per heavy atom. The quantitative estimate of drug-likeness (QED) is 0.503. The van der Waals surface area contributed by atoms with Crippen molar-refractivity contribution in [1.29, 1.82) is 0 Å². The van der Waals surface area contributed by atoms with Gasteiger partial charge in [-0.2, -0.15) is 4.98 Å². The van der Waals surface area contributed by atoms with Crippen molar-refractivity contribution in [3.8, 4) is 5.75 Å². The SMILES string of the molecule is C/C(=N\OCc1ccc(C)cc1)c1ccc(OCc2nc(N)n[nH]2)cc1. The number of oxime groups is 1. The Labute approximate surface area is 151 Å². The molecule has 134 valence electrons. The molecule has 0 bridgehead atoms. The highest BCUT2D eigenvalue weighted by atomic mass is 16.6. The van der Waals surface area contributed by atoms with Crippen molar-refractivity contribution in [2.24, 2.45) is 5.16 Å². The molecule has 0 aliphatic heterocycles. The van der Waals surface area contributed by atoms with E-state index in [1.807, 2.05) is 43.3 Å². The average molecular weight is 351 g/mol. The van der Waals surface area contributed by atoms with Gasteiger partial charge in [-0.15, -0.1) is 5.10 Å². The number of nitrogens with zero attached hydrogens (tertiary/aromatic N) is 3. The number of nitrogen functional groups attached to an aromatic ring is 1. The molecule has 2 aromatic carbocycles. The first kappa shape index (κ1) is 17.5. The monoisotopic (exact) mass is 351 g/mol. The molecular weight excluding hydrogens is 330 g/mol. The third kappa shape index (κ3) is 4.83. The van der Waals surface area contributed by atoms with Crippen molar-refractivity contribution in [1.82, 2.24) is 15.2 Å². The molecule has 3 aromatic rings. The Morgan fingerprint density at radius 1 is 1.08 bits per heavy atom. The van der Waals surface area contributed by atoms with Crippen LogP contribution in [0.25, 0.3) is 0 Å². The first-order valence-corrected chi connectivity index (χ1v) is 8.22. The van der Waals surface area contributed by atoms with Crippen LogP contribution in [0, 0.1) is 6.92 Å². The first-order chi connectivity index (χ1) is 12.6. The van der Waals surface area contributed by atoms with Crippen LogP contribution in [0.2, 0.25) is 0 Å². The Bertz CT molecular complexity index is 870. The van der Waals surface area contributed by atoms with Gasteiger partial charge in [-0.1, -0.05) is 35.0 Å². The van der Waals surface area contributed by atoms with E-state index in [0.29, 0.717) is 12.4 Å². The summed E-state index contributed by atoms with van der Waals surface area (Å²) in [5, 5.41) is 10.6. The van der Waals surface area contributed by atoms with E-state index >= 15 is 0 Å². The highest BCUT2D eigenvalue weighted by Crippen LogP contribution is 2.14. The summed E-state index contributed by atoms with van der Waals surface area (Å²) in [5.41, 5.74) is 9.52. The fourth-order valence-corrected chi connectivity index (χ4v) is 2.26. The topological polar surface area (TPSA) is 98.4 Å². The van der Waals surface area contributed by atoms with E-state index in [-0.39, 0.29) is 12.6 Å². The van der Waals surface area contributed by atoms with E-state index in [9.17, 15) is 0 Å². The number of hydrogen-bond donors (Lipinski definition) is 2. The highest BCUT2D eigenvalue weighted by Gasteiger charge is 2.03. The van der Waals surface area contributed by atoms with Crippen LogP contribution in [-0.4, -0.2) is 20.9 Å². The van der Waals surface area contributed by atoms with Crippen LogP contribution >= 0.6 is 0 Å². The summed E-state index contributed by atoms with van der Waals surface area (Å²) in [5.74, 6) is 1.50. The maximum atomic E-state index is 5.63. The molecule has 0 aliphatic carbocycles. The number of rotatable bonds is 7. The number of aromatic amines is 1. The molecule has 26 heavy (non-hydrogen) atoms. The Balaban J connectivity index is 1.52. The van der Waals surface area contributed by atoms with Crippen LogP contribution in [0.5, 0.6) is 5.75 Å². The molecular formula is C19H21N5O2. The molecule has 0 saturated carbocycles. The second-order valence-electron chi connectivity index (χ2n) is 5.89. The van der Waals surface area contributed by atoms with Gasteiger partial charge in [0.15, 0.2) is 5.82 Å².